The molecule has 1 aliphatic heterocycles. The molecule has 1 fully saturated rings. The number of carbonyl (C=O) groups excluding carboxylic acids is 1. The number of hydrogen-bond acceptors (Lipinski definition) is 4. The van der Waals surface area contributed by atoms with Gasteiger partial charge in [-0.25, -0.2) is 8.78 Å². The lowest BCUT2D eigenvalue weighted by Crippen LogP contribution is -2.45. The maximum absolute atomic E-state index is 13.8. The second-order valence-electron chi connectivity index (χ2n) is 5.59. The molecule has 23 heavy (non-hydrogen) atoms. The molecule has 0 saturated carbocycles. The smallest absolute Gasteiger partial charge is 0.257 e. The van der Waals surface area contributed by atoms with Crippen LogP contribution in [0.5, 0.6) is 5.75 Å². The van der Waals surface area contributed by atoms with Gasteiger partial charge in [0.1, 0.15) is 22.9 Å². The molecule has 0 radical (unpaired) electrons. The SMILES string of the molecule is COc1cc(F)c(C(=O)NCCN2CCCC[C@H]2CO)c(F)c1. The molecule has 1 amide bonds. The Kier molecular flexibility index (Phi) is 6.29. The van der Waals surface area contributed by atoms with Crippen molar-refractivity contribution < 1.29 is 23.4 Å². The fraction of sp³-hybridized carbons (Fsp3) is 0.562. The lowest BCUT2D eigenvalue weighted by atomic mass is 10.0. The zero-order chi connectivity index (χ0) is 16.8. The predicted octanol–water partition coefficient (Wildman–Crippen LogP) is 1.55. The van der Waals surface area contributed by atoms with Crippen LogP contribution in [-0.4, -0.2) is 55.3 Å². The van der Waals surface area contributed by atoms with E-state index in [9.17, 15) is 18.7 Å². The van der Waals surface area contributed by atoms with E-state index >= 15 is 0 Å². The third-order valence-corrected chi connectivity index (χ3v) is 4.12. The van der Waals surface area contributed by atoms with Crippen LogP contribution in [0.15, 0.2) is 12.1 Å². The van der Waals surface area contributed by atoms with Crippen molar-refractivity contribution >= 4 is 5.91 Å². The zero-order valence-electron chi connectivity index (χ0n) is 13.1. The van der Waals surface area contributed by atoms with Gasteiger partial charge in [-0.15, -0.1) is 0 Å². The summed E-state index contributed by atoms with van der Waals surface area (Å²) in [6.07, 6.45) is 3.05. The Bertz CT molecular complexity index is 531. The van der Waals surface area contributed by atoms with Crippen LogP contribution >= 0.6 is 0 Å². The third-order valence-electron chi connectivity index (χ3n) is 4.12. The first-order valence-electron chi connectivity index (χ1n) is 7.73. The van der Waals surface area contributed by atoms with E-state index in [0.29, 0.717) is 6.54 Å². The fourth-order valence-corrected chi connectivity index (χ4v) is 2.85. The highest BCUT2D eigenvalue weighted by atomic mass is 19.1. The zero-order valence-corrected chi connectivity index (χ0v) is 13.1. The van der Waals surface area contributed by atoms with Gasteiger partial charge in [-0.1, -0.05) is 6.42 Å². The highest BCUT2D eigenvalue weighted by Gasteiger charge is 2.22. The lowest BCUT2D eigenvalue weighted by molar-refractivity contribution is 0.0845. The minimum atomic E-state index is -0.953. The first-order valence-corrected chi connectivity index (χ1v) is 7.73. The second kappa shape index (κ2) is 8.21. The Morgan fingerprint density at radius 1 is 1.39 bits per heavy atom. The Morgan fingerprint density at radius 2 is 2.09 bits per heavy atom. The standard InChI is InChI=1S/C16H22F2N2O3/c1-23-12-8-13(17)15(14(18)9-12)16(22)19-5-7-20-6-3-2-4-11(20)10-21/h8-9,11,21H,2-7,10H2,1H3,(H,19,22)/t11-/m0/s1. The molecule has 1 aromatic rings. The number of benzene rings is 1. The molecule has 0 unspecified atom stereocenters. The number of amides is 1. The van der Waals surface area contributed by atoms with Gasteiger partial charge in [0, 0.05) is 31.3 Å². The van der Waals surface area contributed by atoms with E-state index in [1.165, 1.54) is 7.11 Å². The summed E-state index contributed by atoms with van der Waals surface area (Å²) >= 11 is 0. The van der Waals surface area contributed by atoms with E-state index in [2.05, 4.69) is 10.2 Å². The molecular formula is C16H22F2N2O3. The van der Waals surface area contributed by atoms with Gasteiger partial charge < -0.3 is 15.2 Å². The summed E-state index contributed by atoms with van der Waals surface area (Å²) in [5.41, 5.74) is -0.608. The van der Waals surface area contributed by atoms with Crippen LogP contribution < -0.4 is 10.1 Å². The fourth-order valence-electron chi connectivity index (χ4n) is 2.85. The summed E-state index contributed by atoms with van der Waals surface area (Å²) in [4.78, 5) is 14.1. The largest absolute Gasteiger partial charge is 0.497 e. The number of rotatable bonds is 6. The normalized spacial score (nSPS) is 18.7. The first kappa shape index (κ1) is 17.6. The summed E-state index contributed by atoms with van der Waals surface area (Å²) in [6, 6.07) is 2.05. The van der Waals surface area contributed by atoms with Crippen LogP contribution in [0.1, 0.15) is 29.6 Å². The number of hydrogen-bond donors (Lipinski definition) is 2. The number of ether oxygens (including phenoxy) is 1. The number of methoxy groups -OCH3 is 1. The Morgan fingerprint density at radius 3 is 2.70 bits per heavy atom. The van der Waals surface area contributed by atoms with Gasteiger partial charge in [0.05, 0.1) is 13.7 Å². The predicted molar refractivity (Wildman–Crippen MR) is 81.5 cm³/mol. The molecule has 1 aliphatic rings. The number of nitrogens with zero attached hydrogens (tertiary/aromatic N) is 1. The molecule has 0 bridgehead atoms. The first-order chi connectivity index (χ1) is 11.1. The second-order valence-corrected chi connectivity index (χ2v) is 5.59. The van der Waals surface area contributed by atoms with E-state index in [-0.39, 0.29) is 24.9 Å². The van der Waals surface area contributed by atoms with Crippen LogP contribution in [0.3, 0.4) is 0 Å². The monoisotopic (exact) mass is 328 g/mol. The number of carbonyl (C=O) groups is 1. The van der Waals surface area contributed by atoms with Crippen molar-refractivity contribution in [3.05, 3.63) is 29.3 Å². The van der Waals surface area contributed by atoms with Gasteiger partial charge in [-0.05, 0) is 19.4 Å². The van der Waals surface area contributed by atoms with E-state index in [4.69, 9.17) is 4.74 Å². The van der Waals surface area contributed by atoms with E-state index in [1.54, 1.807) is 0 Å². The maximum atomic E-state index is 13.8. The minimum Gasteiger partial charge on any atom is -0.497 e. The van der Waals surface area contributed by atoms with Crippen molar-refractivity contribution in [2.45, 2.75) is 25.3 Å². The molecular weight excluding hydrogens is 306 g/mol. The Hall–Kier alpha value is -1.73. The number of aliphatic hydroxyl groups excluding tert-OH is 1. The van der Waals surface area contributed by atoms with Crippen LogP contribution in [0.4, 0.5) is 8.78 Å². The van der Waals surface area contributed by atoms with Gasteiger partial charge in [0.25, 0.3) is 5.91 Å². The topological polar surface area (TPSA) is 61.8 Å². The molecule has 2 rings (SSSR count). The number of nitrogens with one attached hydrogen (secondary N) is 1. The molecule has 0 aliphatic carbocycles. The van der Waals surface area contributed by atoms with Crippen molar-refractivity contribution in [1.82, 2.24) is 10.2 Å². The quantitative estimate of drug-likeness (QED) is 0.832. The molecule has 1 heterocycles. The van der Waals surface area contributed by atoms with Crippen molar-refractivity contribution in [3.63, 3.8) is 0 Å². The summed E-state index contributed by atoms with van der Waals surface area (Å²) < 4.78 is 32.4. The number of aliphatic hydroxyl groups is 1. The van der Waals surface area contributed by atoms with Gasteiger partial charge >= 0.3 is 0 Å². The Balaban J connectivity index is 1.92. The molecule has 7 heteroatoms. The van der Waals surface area contributed by atoms with Gasteiger partial charge in [0.2, 0.25) is 0 Å². The van der Waals surface area contributed by atoms with Crippen LogP contribution in [0.2, 0.25) is 0 Å². The van der Waals surface area contributed by atoms with E-state index in [0.717, 1.165) is 37.9 Å². The summed E-state index contributed by atoms with van der Waals surface area (Å²) in [7, 11) is 1.30. The summed E-state index contributed by atoms with van der Waals surface area (Å²) in [6.45, 7) is 1.73. The van der Waals surface area contributed by atoms with Crippen molar-refractivity contribution in [3.8, 4) is 5.75 Å². The van der Waals surface area contributed by atoms with E-state index < -0.39 is 23.1 Å². The number of halogens is 2. The molecule has 1 aromatic carbocycles. The number of likely N-dealkylation sites (tertiary alicyclic amines) is 1. The average molecular weight is 328 g/mol. The highest BCUT2D eigenvalue weighted by molar-refractivity contribution is 5.94. The molecule has 0 aromatic heterocycles. The average Bonchev–Trinajstić information content (AvgIpc) is 2.54. The van der Waals surface area contributed by atoms with E-state index in [1.807, 2.05) is 0 Å². The molecule has 128 valence electrons. The van der Waals surface area contributed by atoms with Crippen LogP contribution in [0, 0.1) is 11.6 Å². The van der Waals surface area contributed by atoms with Gasteiger partial charge in [-0.3, -0.25) is 9.69 Å². The molecule has 2 N–H and O–H groups in total. The lowest BCUT2D eigenvalue weighted by Gasteiger charge is -2.34. The third kappa shape index (κ3) is 4.39. The highest BCUT2D eigenvalue weighted by Crippen LogP contribution is 2.20. The van der Waals surface area contributed by atoms with Crippen LogP contribution in [-0.2, 0) is 0 Å². The van der Waals surface area contributed by atoms with Gasteiger partial charge in [0.15, 0.2) is 0 Å². The summed E-state index contributed by atoms with van der Waals surface area (Å²) in [5, 5.41) is 11.9. The van der Waals surface area contributed by atoms with Crippen LogP contribution in [0.25, 0.3) is 0 Å². The molecule has 1 atom stereocenters. The molecule has 5 nitrogen and oxygen atoms in total. The summed E-state index contributed by atoms with van der Waals surface area (Å²) in [5.74, 6) is -2.67. The molecule has 0 spiro atoms. The number of piperidine rings is 1. The van der Waals surface area contributed by atoms with Gasteiger partial charge in [-0.2, -0.15) is 0 Å². The van der Waals surface area contributed by atoms with Crippen molar-refractivity contribution in [1.29, 1.82) is 0 Å². The molecule has 1 saturated heterocycles. The maximum Gasteiger partial charge on any atom is 0.257 e. The van der Waals surface area contributed by atoms with Crippen molar-refractivity contribution in [2.75, 3.05) is 33.4 Å². The minimum absolute atomic E-state index is 0.0238. The van der Waals surface area contributed by atoms with Crippen molar-refractivity contribution in [2.24, 2.45) is 0 Å². The Labute approximate surface area is 134 Å².